The van der Waals surface area contributed by atoms with Gasteiger partial charge in [-0.2, -0.15) is 0 Å². The summed E-state index contributed by atoms with van der Waals surface area (Å²) in [4.78, 5) is 21.5. The molecule has 0 amide bonds. The van der Waals surface area contributed by atoms with Crippen LogP contribution < -0.4 is 10.5 Å². The third-order valence-electron chi connectivity index (χ3n) is 4.89. The van der Waals surface area contributed by atoms with Gasteiger partial charge < -0.3 is 15.0 Å². The van der Waals surface area contributed by atoms with E-state index in [-0.39, 0.29) is 11.7 Å². The lowest BCUT2D eigenvalue weighted by molar-refractivity contribution is -0.919. The zero-order valence-electron chi connectivity index (χ0n) is 15.1. The lowest BCUT2D eigenvalue weighted by atomic mass is 10.0. The molecule has 0 radical (unpaired) electrons. The Kier molecular flexibility index (Phi) is 5.66. The molecule has 1 aliphatic rings. The molecule has 0 saturated carbocycles. The van der Waals surface area contributed by atoms with Gasteiger partial charge >= 0.3 is 0 Å². The molecule has 2 atom stereocenters. The van der Waals surface area contributed by atoms with Gasteiger partial charge in [-0.1, -0.05) is 43.2 Å². The Bertz CT molecular complexity index is 785. The van der Waals surface area contributed by atoms with Crippen molar-refractivity contribution in [1.29, 1.82) is 0 Å². The second-order valence-electron chi connectivity index (χ2n) is 7.18. The van der Waals surface area contributed by atoms with Crippen molar-refractivity contribution in [2.24, 2.45) is 0 Å². The van der Waals surface area contributed by atoms with Crippen LogP contribution in [0.4, 0.5) is 0 Å². The molecule has 2 heterocycles. The van der Waals surface area contributed by atoms with Crippen molar-refractivity contribution in [1.82, 2.24) is 9.97 Å². The minimum atomic E-state index is -0.283. The highest BCUT2D eigenvalue weighted by atomic mass is 16.3. The number of benzene rings is 1. The number of fused-ring (bicyclic) bond motifs is 1. The van der Waals surface area contributed by atoms with E-state index in [2.05, 4.69) is 37.0 Å². The first-order valence-electron chi connectivity index (χ1n) is 9.23. The fraction of sp³-hybridized carbons (Fsp3) is 0.500. The average Bonchev–Trinajstić information content (AvgIpc) is 2.56. The van der Waals surface area contributed by atoms with Crippen molar-refractivity contribution in [3.63, 3.8) is 0 Å². The summed E-state index contributed by atoms with van der Waals surface area (Å²) in [7, 11) is 0. The third-order valence-corrected chi connectivity index (χ3v) is 4.89. The fourth-order valence-electron chi connectivity index (χ4n) is 3.66. The van der Waals surface area contributed by atoms with E-state index >= 15 is 0 Å². The first-order chi connectivity index (χ1) is 12.0. The van der Waals surface area contributed by atoms with E-state index in [4.69, 9.17) is 4.98 Å². The van der Waals surface area contributed by atoms with E-state index < -0.39 is 0 Å². The van der Waals surface area contributed by atoms with Crippen LogP contribution >= 0.6 is 0 Å². The van der Waals surface area contributed by atoms with Gasteiger partial charge in [0.2, 0.25) is 0 Å². The van der Waals surface area contributed by atoms with E-state index in [1.165, 1.54) is 10.5 Å². The number of aryl methyl sites for hydroxylation is 1. The standard InChI is InChI=1S/C20H27N3O2/c1-3-5-16(24)12-23-9-8-18-17(13-23)20(25)22-19(21-18)11-15-7-4-6-14(2)10-15/h4,6-7,10,16,24H,3,5,8-9,11-13H2,1-2H3,(H,21,22,25)/p+1/t16-/m0/s1. The summed E-state index contributed by atoms with van der Waals surface area (Å²) in [5.41, 5.74) is 4.07. The third kappa shape index (κ3) is 4.55. The molecule has 0 fully saturated rings. The maximum atomic E-state index is 12.5. The molecule has 0 saturated heterocycles. The molecule has 3 N–H and O–H groups in total. The van der Waals surface area contributed by atoms with Crippen LogP contribution in [0.1, 0.15) is 48.0 Å². The highest BCUT2D eigenvalue weighted by Crippen LogP contribution is 2.10. The zero-order valence-corrected chi connectivity index (χ0v) is 15.1. The number of rotatable bonds is 6. The van der Waals surface area contributed by atoms with Gasteiger partial charge in [-0.15, -0.1) is 0 Å². The molecule has 0 spiro atoms. The van der Waals surface area contributed by atoms with Crippen molar-refractivity contribution in [3.05, 3.63) is 62.8 Å². The molecule has 25 heavy (non-hydrogen) atoms. The first kappa shape index (κ1) is 17.8. The molecule has 3 rings (SSSR count). The topological polar surface area (TPSA) is 70.4 Å². The van der Waals surface area contributed by atoms with Crippen LogP contribution in [0.15, 0.2) is 29.1 Å². The Morgan fingerprint density at radius 1 is 1.40 bits per heavy atom. The number of hydrogen-bond donors (Lipinski definition) is 3. The van der Waals surface area contributed by atoms with Crippen molar-refractivity contribution in [2.75, 3.05) is 13.1 Å². The van der Waals surface area contributed by atoms with E-state index in [0.29, 0.717) is 19.5 Å². The lowest BCUT2D eigenvalue weighted by Crippen LogP contribution is -3.13. The minimum Gasteiger partial charge on any atom is -0.387 e. The van der Waals surface area contributed by atoms with Crippen molar-refractivity contribution < 1.29 is 10.0 Å². The molecule has 1 aromatic heterocycles. The van der Waals surface area contributed by atoms with Crippen molar-refractivity contribution >= 4 is 0 Å². The summed E-state index contributed by atoms with van der Waals surface area (Å²) < 4.78 is 0. The predicted molar refractivity (Wildman–Crippen MR) is 97.9 cm³/mol. The van der Waals surface area contributed by atoms with Gasteiger partial charge in [-0.05, 0) is 18.9 Å². The second kappa shape index (κ2) is 7.93. The summed E-state index contributed by atoms with van der Waals surface area (Å²) >= 11 is 0. The van der Waals surface area contributed by atoms with Crippen LogP contribution in [0.25, 0.3) is 0 Å². The van der Waals surface area contributed by atoms with Crippen LogP contribution in [-0.4, -0.2) is 34.3 Å². The number of nitrogens with zero attached hydrogens (tertiary/aromatic N) is 1. The number of quaternary nitrogens is 1. The zero-order chi connectivity index (χ0) is 17.8. The summed E-state index contributed by atoms with van der Waals surface area (Å²) in [5.74, 6) is 0.740. The lowest BCUT2D eigenvalue weighted by Gasteiger charge is -2.26. The predicted octanol–water partition coefficient (Wildman–Crippen LogP) is 0.771. The molecule has 5 nitrogen and oxygen atoms in total. The first-order valence-corrected chi connectivity index (χ1v) is 9.23. The van der Waals surface area contributed by atoms with Gasteiger partial charge in [0.1, 0.15) is 25.0 Å². The smallest absolute Gasteiger partial charge is 0.260 e. The number of aliphatic hydroxyl groups excluding tert-OH is 1. The van der Waals surface area contributed by atoms with E-state index in [9.17, 15) is 9.90 Å². The maximum absolute atomic E-state index is 12.5. The maximum Gasteiger partial charge on any atom is 0.260 e. The van der Waals surface area contributed by atoms with Gasteiger partial charge in [0.05, 0.1) is 17.8 Å². The molecule has 0 aliphatic carbocycles. The van der Waals surface area contributed by atoms with Crippen molar-refractivity contribution in [2.45, 2.75) is 52.2 Å². The number of aliphatic hydroxyl groups is 1. The van der Waals surface area contributed by atoms with E-state index in [0.717, 1.165) is 48.5 Å². The van der Waals surface area contributed by atoms with Crippen LogP contribution in [0.5, 0.6) is 0 Å². The Balaban J connectivity index is 1.74. The Morgan fingerprint density at radius 2 is 2.24 bits per heavy atom. The number of nitrogens with one attached hydrogen (secondary N) is 2. The number of H-pyrrole nitrogens is 1. The Morgan fingerprint density at radius 3 is 3.00 bits per heavy atom. The highest BCUT2D eigenvalue weighted by molar-refractivity contribution is 5.26. The van der Waals surface area contributed by atoms with Gasteiger partial charge in [0, 0.05) is 12.8 Å². The van der Waals surface area contributed by atoms with Crippen LogP contribution in [0.2, 0.25) is 0 Å². The van der Waals surface area contributed by atoms with E-state index in [1.54, 1.807) is 0 Å². The average molecular weight is 342 g/mol. The van der Waals surface area contributed by atoms with Crippen molar-refractivity contribution in [3.8, 4) is 0 Å². The normalized spacial score (nSPS) is 18.0. The van der Waals surface area contributed by atoms with Gasteiger partial charge in [0.15, 0.2) is 0 Å². The molecule has 134 valence electrons. The Hall–Kier alpha value is -1.98. The second-order valence-corrected chi connectivity index (χ2v) is 7.18. The van der Waals surface area contributed by atoms with Gasteiger partial charge in [-0.3, -0.25) is 4.79 Å². The molecular formula is C20H28N3O2+. The molecule has 1 aromatic carbocycles. The number of aromatic nitrogens is 2. The molecule has 2 aromatic rings. The molecular weight excluding hydrogens is 314 g/mol. The number of aromatic amines is 1. The monoisotopic (exact) mass is 342 g/mol. The quantitative estimate of drug-likeness (QED) is 0.726. The summed E-state index contributed by atoms with van der Waals surface area (Å²) in [6.45, 7) is 6.43. The molecule has 5 heteroatoms. The van der Waals surface area contributed by atoms with Crippen LogP contribution in [-0.2, 0) is 19.4 Å². The van der Waals surface area contributed by atoms with Crippen LogP contribution in [0, 0.1) is 6.92 Å². The minimum absolute atomic E-state index is 0.0187. The Labute approximate surface area is 148 Å². The molecule has 0 bridgehead atoms. The van der Waals surface area contributed by atoms with Gasteiger partial charge in [-0.25, -0.2) is 4.98 Å². The molecule has 1 aliphatic heterocycles. The highest BCUT2D eigenvalue weighted by Gasteiger charge is 2.25. The SMILES string of the molecule is CCC[C@H](O)C[NH+]1CCc2nc(Cc3cccc(C)c3)[nH]c(=O)c2C1. The largest absolute Gasteiger partial charge is 0.387 e. The van der Waals surface area contributed by atoms with Gasteiger partial charge in [0.25, 0.3) is 5.56 Å². The number of hydrogen-bond acceptors (Lipinski definition) is 3. The summed E-state index contributed by atoms with van der Waals surface area (Å²) in [6, 6.07) is 8.29. The fourth-order valence-corrected chi connectivity index (χ4v) is 3.66. The summed E-state index contributed by atoms with van der Waals surface area (Å²) in [5, 5.41) is 10.0. The van der Waals surface area contributed by atoms with Crippen LogP contribution in [0.3, 0.4) is 0 Å². The summed E-state index contributed by atoms with van der Waals surface area (Å²) in [6.07, 6.45) is 2.97. The van der Waals surface area contributed by atoms with E-state index in [1.807, 2.05) is 6.07 Å². The molecule has 1 unspecified atom stereocenters.